The minimum absolute atomic E-state index is 0.0748. The fourth-order valence-electron chi connectivity index (χ4n) is 1.95. The van der Waals surface area contributed by atoms with Crippen LogP contribution >= 0.6 is 23.2 Å². The zero-order valence-electron chi connectivity index (χ0n) is 10.1. The summed E-state index contributed by atoms with van der Waals surface area (Å²) in [6.07, 6.45) is 0. The summed E-state index contributed by atoms with van der Waals surface area (Å²) in [4.78, 5) is 12.4. The van der Waals surface area contributed by atoms with E-state index in [1.807, 2.05) is 19.9 Å². The van der Waals surface area contributed by atoms with Crippen molar-refractivity contribution in [2.75, 3.05) is 0 Å². The van der Waals surface area contributed by atoms with Crippen molar-refractivity contribution in [3.05, 3.63) is 68.7 Å². The Morgan fingerprint density at radius 3 is 2.17 bits per heavy atom. The number of hydrogen-bond donors (Lipinski definition) is 0. The predicted octanol–water partition coefficient (Wildman–Crippen LogP) is 4.84. The van der Waals surface area contributed by atoms with Crippen LogP contribution in [0.1, 0.15) is 27.0 Å². The fraction of sp³-hybridized carbons (Fsp3) is 0.133. The van der Waals surface area contributed by atoms with Crippen LogP contribution in [0.3, 0.4) is 0 Å². The number of carbonyl (C=O) groups is 1. The lowest BCUT2D eigenvalue weighted by Gasteiger charge is -2.09. The van der Waals surface area contributed by atoms with E-state index < -0.39 is 0 Å². The molecule has 2 aromatic carbocycles. The number of halogens is 2. The van der Waals surface area contributed by atoms with E-state index in [1.165, 1.54) is 0 Å². The van der Waals surface area contributed by atoms with E-state index in [2.05, 4.69) is 0 Å². The summed E-state index contributed by atoms with van der Waals surface area (Å²) in [7, 11) is 0. The highest BCUT2D eigenvalue weighted by Crippen LogP contribution is 2.25. The van der Waals surface area contributed by atoms with Crippen molar-refractivity contribution in [3.8, 4) is 0 Å². The van der Waals surface area contributed by atoms with Crippen LogP contribution in [0.2, 0.25) is 10.0 Å². The molecule has 0 amide bonds. The third kappa shape index (κ3) is 2.58. The van der Waals surface area contributed by atoms with Gasteiger partial charge < -0.3 is 0 Å². The molecule has 0 radical (unpaired) electrons. The van der Waals surface area contributed by atoms with Gasteiger partial charge in [0.25, 0.3) is 0 Å². The molecular formula is C15H12Cl2O. The quantitative estimate of drug-likeness (QED) is 0.719. The molecule has 0 atom stereocenters. The van der Waals surface area contributed by atoms with Crippen LogP contribution in [-0.4, -0.2) is 5.78 Å². The average molecular weight is 279 g/mol. The van der Waals surface area contributed by atoms with Crippen molar-refractivity contribution in [2.45, 2.75) is 13.8 Å². The van der Waals surface area contributed by atoms with Crippen LogP contribution < -0.4 is 0 Å². The lowest BCUT2D eigenvalue weighted by Crippen LogP contribution is -2.05. The van der Waals surface area contributed by atoms with E-state index in [4.69, 9.17) is 23.2 Å². The molecule has 0 bridgehead atoms. The minimum atomic E-state index is -0.0748. The van der Waals surface area contributed by atoms with Crippen LogP contribution in [0.15, 0.2) is 36.4 Å². The Morgan fingerprint density at radius 1 is 1.00 bits per heavy atom. The molecule has 18 heavy (non-hydrogen) atoms. The Labute approximate surface area is 116 Å². The minimum Gasteiger partial charge on any atom is -0.289 e. The van der Waals surface area contributed by atoms with Crippen molar-refractivity contribution in [1.82, 2.24) is 0 Å². The molecule has 0 aliphatic rings. The van der Waals surface area contributed by atoms with E-state index >= 15 is 0 Å². The van der Waals surface area contributed by atoms with Crippen molar-refractivity contribution in [2.24, 2.45) is 0 Å². The van der Waals surface area contributed by atoms with Gasteiger partial charge in [-0.2, -0.15) is 0 Å². The van der Waals surface area contributed by atoms with Gasteiger partial charge in [-0.05, 0) is 55.3 Å². The molecule has 0 saturated heterocycles. The van der Waals surface area contributed by atoms with Crippen LogP contribution in [0, 0.1) is 13.8 Å². The van der Waals surface area contributed by atoms with Crippen molar-refractivity contribution in [3.63, 3.8) is 0 Å². The fourth-order valence-corrected chi connectivity index (χ4v) is 2.48. The maximum atomic E-state index is 12.4. The molecule has 0 N–H and O–H groups in total. The van der Waals surface area contributed by atoms with Crippen molar-refractivity contribution >= 4 is 29.0 Å². The zero-order valence-corrected chi connectivity index (χ0v) is 11.6. The van der Waals surface area contributed by atoms with E-state index in [9.17, 15) is 4.79 Å². The molecule has 1 nitrogen and oxygen atoms in total. The van der Waals surface area contributed by atoms with E-state index in [0.29, 0.717) is 21.2 Å². The monoisotopic (exact) mass is 278 g/mol. The first-order valence-corrected chi connectivity index (χ1v) is 6.31. The second-order valence-electron chi connectivity index (χ2n) is 4.27. The number of carbonyl (C=O) groups excluding carboxylic acids is 1. The Kier molecular flexibility index (Phi) is 3.74. The standard InChI is InChI=1S/C15H12Cl2O/c1-9-7-10(2)14(13(17)8-9)15(18)11-3-5-12(16)6-4-11/h3-8H,1-2H3. The summed E-state index contributed by atoms with van der Waals surface area (Å²) in [6, 6.07) is 10.6. The molecule has 2 rings (SSSR count). The van der Waals surface area contributed by atoms with Gasteiger partial charge in [0, 0.05) is 16.1 Å². The molecule has 0 heterocycles. The van der Waals surface area contributed by atoms with Crippen molar-refractivity contribution in [1.29, 1.82) is 0 Å². The maximum absolute atomic E-state index is 12.4. The lowest BCUT2D eigenvalue weighted by molar-refractivity contribution is 0.103. The number of hydrogen-bond acceptors (Lipinski definition) is 1. The Morgan fingerprint density at radius 2 is 1.61 bits per heavy atom. The topological polar surface area (TPSA) is 17.1 Å². The summed E-state index contributed by atoms with van der Waals surface area (Å²) in [5.41, 5.74) is 3.09. The summed E-state index contributed by atoms with van der Waals surface area (Å²) < 4.78 is 0. The molecular weight excluding hydrogens is 267 g/mol. The van der Waals surface area contributed by atoms with Crippen LogP contribution in [0.5, 0.6) is 0 Å². The molecule has 3 heteroatoms. The van der Waals surface area contributed by atoms with Crippen LogP contribution in [-0.2, 0) is 0 Å². The van der Waals surface area contributed by atoms with Gasteiger partial charge in [-0.1, -0.05) is 29.3 Å². The second kappa shape index (κ2) is 5.13. The highest BCUT2D eigenvalue weighted by atomic mass is 35.5. The van der Waals surface area contributed by atoms with Gasteiger partial charge in [0.15, 0.2) is 5.78 Å². The third-order valence-corrected chi connectivity index (χ3v) is 3.32. The van der Waals surface area contributed by atoms with Gasteiger partial charge in [-0.3, -0.25) is 4.79 Å². The van der Waals surface area contributed by atoms with Gasteiger partial charge in [-0.15, -0.1) is 0 Å². The smallest absolute Gasteiger partial charge is 0.194 e. The van der Waals surface area contributed by atoms with E-state index in [-0.39, 0.29) is 5.78 Å². The molecule has 0 aliphatic heterocycles. The van der Waals surface area contributed by atoms with Gasteiger partial charge in [0.1, 0.15) is 0 Å². The summed E-state index contributed by atoms with van der Waals surface area (Å²) in [5, 5.41) is 1.10. The Hall–Kier alpha value is -1.31. The predicted molar refractivity (Wildman–Crippen MR) is 75.8 cm³/mol. The van der Waals surface area contributed by atoms with Gasteiger partial charge in [-0.25, -0.2) is 0 Å². The number of ketones is 1. The Bertz CT molecular complexity index is 577. The molecule has 0 unspecified atom stereocenters. The molecule has 0 fully saturated rings. The number of benzene rings is 2. The van der Waals surface area contributed by atoms with Crippen molar-refractivity contribution < 1.29 is 4.79 Å². The number of rotatable bonds is 2. The van der Waals surface area contributed by atoms with E-state index in [1.54, 1.807) is 30.3 Å². The third-order valence-electron chi connectivity index (χ3n) is 2.77. The molecule has 0 aliphatic carbocycles. The maximum Gasteiger partial charge on any atom is 0.194 e. The highest BCUT2D eigenvalue weighted by Gasteiger charge is 2.15. The summed E-state index contributed by atoms with van der Waals surface area (Å²) in [6.45, 7) is 3.84. The normalized spacial score (nSPS) is 10.4. The first-order valence-electron chi connectivity index (χ1n) is 5.56. The first-order chi connectivity index (χ1) is 8.49. The van der Waals surface area contributed by atoms with Gasteiger partial charge in [0.2, 0.25) is 0 Å². The summed E-state index contributed by atoms with van der Waals surface area (Å²) in [5.74, 6) is -0.0748. The van der Waals surface area contributed by atoms with Gasteiger partial charge >= 0.3 is 0 Å². The summed E-state index contributed by atoms with van der Waals surface area (Å²) >= 11 is 12.0. The number of aryl methyl sites for hydroxylation is 2. The first kappa shape index (κ1) is 13.1. The molecule has 2 aromatic rings. The zero-order chi connectivity index (χ0) is 13.3. The Balaban J connectivity index is 2.49. The SMILES string of the molecule is Cc1cc(C)c(C(=O)c2ccc(Cl)cc2)c(Cl)c1. The van der Waals surface area contributed by atoms with Crippen LogP contribution in [0.4, 0.5) is 0 Å². The average Bonchev–Trinajstić information content (AvgIpc) is 2.28. The second-order valence-corrected chi connectivity index (χ2v) is 5.12. The lowest BCUT2D eigenvalue weighted by atomic mass is 9.97. The molecule has 92 valence electrons. The molecule has 0 saturated carbocycles. The largest absolute Gasteiger partial charge is 0.289 e. The molecule has 0 spiro atoms. The molecule has 0 aromatic heterocycles. The van der Waals surface area contributed by atoms with Crippen LogP contribution in [0.25, 0.3) is 0 Å². The highest BCUT2D eigenvalue weighted by molar-refractivity contribution is 6.35. The van der Waals surface area contributed by atoms with Gasteiger partial charge in [0.05, 0.1) is 5.02 Å². The van der Waals surface area contributed by atoms with E-state index in [0.717, 1.165) is 11.1 Å².